The molecule has 1 atom stereocenters. The van der Waals surface area contributed by atoms with Crippen molar-refractivity contribution in [3.05, 3.63) is 65.9 Å². The molecule has 4 heterocycles. The predicted octanol–water partition coefficient (Wildman–Crippen LogP) is 3.58. The third kappa shape index (κ3) is 4.38. The molecular weight excluding hydrogens is 416 g/mol. The van der Waals surface area contributed by atoms with Crippen molar-refractivity contribution in [3.63, 3.8) is 0 Å². The fourth-order valence-corrected chi connectivity index (χ4v) is 4.13. The zero-order valence-electron chi connectivity index (χ0n) is 18.4. The van der Waals surface area contributed by atoms with E-state index in [1.165, 1.54) is 0 Å². The second-order valence-corrected chi connectivity index (χ2v) is 7.90. The number of carbonyl (C=O) groups is 1. The summed E-state index contributed by atoms with van der Waals surface area (Å²) in [5.41, 5.74) is 5.30. The Bertz CT molecular complexity index is 1170. The quantitative estimate of drug-likeness (QED) is 0.499. The van der Waals surface area contributed by atoms with Crippen LogP contribution in [0.1, 0.15) is 17.2 Å². The molecular formula is C25H26N6O2. The fraction of sp³-hybridized carbons (Fsp3) is 0.240. The Morgan fingerprint density at radius 2 is 1.91 bits per heavy atom. The largest absolute Gasteiger partial charge is 0.378 e. The van der Waals surface area contributed by atoms with Gasteiger partial charge in [0.25, 0.3) is 0 Å². The highest BCUT2D eigenvalue weighted by atomic mass is 16.5. The zero-order chi connectivity index (χ0) is 22.6. The number of pyridine rings is 2. The maximum Gasteiger partial charge on any atom is 0.146 e. The molecule has 0 saturated carbocycles. The van der Waals surface area contributed by atoms with Gasteiger partial charge in [-0.3, -0.25) is 0 Å². The second kappa shape index (κ2) is 9.30. The van der Waals surface area contributed by atoms with E-state index in [4.69, 9.17) is 9.72 Å². The van der Waals surface area contributed by atoms with Crippen molar-refractivity contribution < 1.29 is 9.53 Å². The standard InChI is InChI=1S/C25H26N6O2/c1-26-23-4-2-3-20(29-23)21-15-17-9-10-27-22(16-32)24(17)25(30-21)28-18-5-7-19(8-6-18)31-11-13-33-14-12-31/h2-10,15-16,22,27H,11-14H2,1H3,(H,26,29)(H,28,30). The van der Waals surface area contributed by atoms with Gasteiger partial charge in [0.05, 0.1) is 24.6 Å². The van der Waals surface area contributed by atoms with Gasteiger partial charge in [0.15, 0.2) is 0 Å². The number of aldehydes is 1. The Morgan fingerprint density at radius 3 is 2.67 bits per heavy atom. The number of anilines is 4. The molecule has 2 aliphatic heterocycles. The zero-order valence-corrected chi connectivity index (χ0v) is 18.4. The van der Waals surface area contributed by atoms with Crippen LogP contribution in [0.15, 0.2) is 54.7 Å². The van der Waals surface area contributed by atoms with Gasteiger partial charge >= 0.3 is 0 Å². The minimum Gasteiger partial charge on any atom is -0.378 e. The highest BCUT2D eigenvalue weighted by Crippen LogP contribution is 2.34. The predicted molar refractivity (Wildman–Crippen MR) is 131 cm³/mol. The number of morpholine rings is 1. The minimum atomic E-state index is -0.474. The molecule has 0 aliphatic carbocycles. The summed E-state index contributed by atoms with van der Waals surface area (Å²) in [6, 6.07) is 15.5. The maximum absolute atomic E-state index is 11.8. The first-order valence-electron chi connectivity index (χ1n) is 11.0. The van der Waals surface area contributed by atoms with E-state index in [2.05, 4.69) is 38.0 Å². The van der Waals surface area contributed by atoms with E-state index in [0.717, 1.165) is 72.3 Å². The molecule has 0 bridgehead atoms. The number of nitrogens with one attached hydrogen (secondary N) is 3. The van der Waals surface area contributed by atoms with Crippen LogP contribution in [0.3, 0.4) is 0 Å². The molecule has 0 spiro atoms. The lowest BCUT2D eigenvalue weighted by Crippen LogP contribution is -2.36. The number of fused-ring (bicyclic) bond motifs is 1. The van der Waals surface area contributed by atoms with Crippen LogP contribution in [0.25, 0.3) is 17.5 Å². The molecule has 1 saturated heterocycles. The van der Waals surface area contributed by atoms with E-state index < -0.39 is 6.04 Å². The van der Waals surface area contributed by atoms with Gasteiger partial charge in [-0.1, -0.05) is 6.07 Å². The topological polar surface area (TPSA) is 91.4 Å². The molecule has 168 valence electrons. The average molecular weight is 443 g/mol. The number of aromatic nitrogens is 2. The van der Waals surface area contributed by atoms with E-state index >= 15 is 0 Å². The van der Waals surface area contributed by atoms with Crippen LogP contribution < -0.4 is 20.9 Å². The van der Waals surface area contributed by atoms with Crippen molar-refractivity contribution in [3.8, 4) is 11.4 Å². The Balaban J connectivity index is 1.51. The summed E-state index contributed by atoms with van der Waals surface area (Å²) >= 11 is 0. The van der Waals surface area contributed by atoms with Gasteiger partial charge < -0.3 is 30.4 Å². The molecule has 2 aliphatic rings. The maximum atomic E-state index is 11.8. The van der Waals surface area contributed by atoms with Crippen LogP contribution >= 0.6 is 0 Å². The van der Waals surface area contributed by atoms with Crippen LogP contribution in [0.5, 0.6) is 0 Å². The van der Waals surface area contributed by atoms with Crippen molar-refractivity contribution in [2.45, 2.75) is 6.04 Å². The SMILES string of the molecule is CNc1cccc(-c2cc3c(c(Nc4ccc(N5CCOCC5)cc4)n2)C(C=O)NC=C3)n1. The summed E-state index contributed by atoms with van der Waals surface area (Å²) in [4.78, 5) is 23.6. The van der Waals surface area contributed by atoms with Crippen LogP contribution in [-0.4, -0.2) is 49.6 Å². The van der Waals surface area contributed by atoms with E-state index in [1.807, 2.05) is 49.5 Å². The lowest BCUT2D eigenvalue weighted by atomic mass is 9.97. The number of rotatable bonds is 6. The second-order valence-electron chi connectivity index (χ2n) is 7.90. The molecule has 8 nitrogen and oxygen atoms in total. The summed E-state index contributed by atoms with van der Waals surface area (Å²) in [7, 11) is 1.84. The van der Waals surface area contributed by atoms with Gasteiger partial charge in [-0.2, -0.15) is 0 Å². The van der Waals surface area contributed by atoms with Gasteiger partial charge in [-0.05, 0) is 60.3 Å². The van der Waals surface area contributed by atoms with E-state index in [-0.39, 0.29) is 0 Å². The molecule has 1 unspecified atom stereocenters. The summed E-state index contributed by atoms with van der Waals surface area (Å²) in [5, 5.41) is 9.61. The lowest BCUT2D eigenvalue weighted by Gasteiger charge is -2.29. The summed E-state index contributed by atoms with van der Waals surface area (Å²) in [5.74, 6) is 1.40. The Kier molecular flexibility index (Phi) is 5.91. The highest BCUT2D eigenvalue weighted by Gasteiger charge is 2.23. The average Bonchev–Trinajstić information content (AvgIpc) is 2.89. The van der Waals surface area contributed by atoms with Crippen molar-refractivity contribution in [2.75, 3.05) is 48.9 Å². The first kappa shape index (κ1) is 21.0. The Hall–Kier alpha value is -3.91. The molecule has 5 rings (SSSR count). The molecule has 1 fully saturated rings. The van der Waals surface area contributed by atoms with E-state index in [0.29, 0.717) is 5.82 Å². The molecule has 0 amide bonds. The van der Waals surface area contributed by atoms with Gasteiger partial charge in [0.2, 0.25) is 0 Å². The fourth-order valence-electron chi connectivity index (χ4n) is 4.13. The summed E-state index contributed by atoms with van der Waals surface area (Å²) < 4.78 is 5.45. The van der Waals surface area contributed by atoms with Crippen LogP contribution in [0.4, 0.5) is 23.0 Å². The third-order valence-corrected chi connectivity index (χ3v) is 5.85. The number of hydrogen-bond donors (Lipinski definition) is 3. The highest BCUT2D eigenvalue weighted by molar-refractivity contribution is 5.79. The normalized spacial score (nSPS) is 17.1. The molecule has 8 heteroatoms. The number of ether oxygens (including phenoxy) is 1. The molecule has 1 aromatic carbocycles. The minimum absolute atomic E-state index is 0.474. The van der Waals surface area contributed by atoms with E-state index in [1.54, 1.807) is 6.20 Å². The van der Waals surface area contributed by atoms with Crippen molar-refractivity contribution in [2.24, 2.45) is 0 Å². The van der Waals surface area contributed by atoms with Crippen LogP contribution in [-0.2, 0) is 9.53 Å². The number of carbonyl (C=O) groups excluding carboxylic acids is 1. The molecule has 0 radical (unpaired) electrons. The van der Waals surface area contributed by atoms with Gasteiger partial charge in [0.1, 0.15) is 24.0 Å². The molecule has 2 aromatic heterocycles. The summed E-state index contributed by atoms with van der Waals surface area (Å²) in [6.45, 7) is 3.28. The Labute approximate surface area is 192 Å². The Morgan fingerprint density at radius 1 is 1.09 bits per heavy atom. The number of hydrogen-bond acceptors (Lipinski definition) is 8. The first-order valence-corrected chi connectivity index (χ1v) is 11.0. The third-order valence-electron chi connectivity index (χ3n) is 5.85. The van der Waals surface area contributed by atoms with Gasteiger partial charge in [-0.15, -0.1) is 0 Å². The smallest absolute Gasteiger partial charge is 0.146 e. The van der Waals surface area contributed by atoms with Gasteiger partial charge in [-0.25, -0.2) is 9.97 Å². The van der Waals surface area contributed by atoms with Crippen molar-refractivity contribution >= 4 is 35.4 Å². The molecule has 3 aromatic rings. The summed E-state index contributed by atoms with van der Waals surface area (Å²) in [6.07, 6.45) is 4.65. The van der Waals surface area contributed by atoms with Gasteiger partial charge in [0, 0.05) is 37.1 Å². The monoisotopic (exact) mass is 442 g/mol. The number of nitrogens with zero attached hydrogens (tertiary/aromatic N) is 3. The molecule has 33 heavy (non-hydrogen) atoms. The first-order chi connectivity index (χ1) is 16.2. The van der Waals surface area contributed by atoms with Crippen LogP contribution in [0, 0.1) is 0 Å². The van der Waals surface area contributed by atoms with Crippen LogP contribution in [0.2, 0.25) is 0 Å². The lowest BCUT2D eigenvalue weighted by molar-refractivity contribution is -0.109. The number of benzene rings is 1. The van der Waals surface area contributed by atoms with Crippen molar-refractivity contribution in [1.82, 2.24) is 15.3 Å². The van der Waals surface area contributed by atoms with E-state index in [9.17, 15) is 4.79 Å². The molecule has 3 N–H and O–H groups in total. The van der Waals surface area contributed by atoms with Crippen molar-refractivity contribution in [1.29, 1.82) is 0 Å².